The molecule has 0 aromatic carbocycles. The van der Waals surface area contributed by atoms with E-state index >= 15 is 0 Å². The molecule has 1 saturated heterocycles. The maximum absolute atomic E-state index is 5.70. The van der Waals surface area contributed by atoms with Gasteiger partial charge in [-0.25, -0.2) is 15.8 Å². The van der Waals surface area contributed by atoms with Crippen molar-refractivity contribution in [3.63, 3.8) is 0 Å². The molecule has 6 heteroatoms. The minimum Gasteiger partial charge on any atom is -0.376 e. The Morgan fingerprint density at radius 1 is 1.32 bits per heavy atom. The summed E-state index contributed by atoms with van der Waals surface area (Å²) in [5.41, 5.74) is 3.65. The number of anilines is 2. The lowest BCUT2D eigenvalue weighted by atomic mass is 10.0. The second-order valence-electron chi connectivity index (χ2n) is 5.27. The molecule has 4 N–H and O–H groups in total. The Morgan fingerprint density at radius 2 is 2.05 bits per heavy atom. The third-order valence-corrected chi connectivity index (χ3v) is 3.48. The molecule has 0 radical (unpaired) electrons. The second kappa shape index (κ2) is 6.16. The predicted octanol–water partition coefficient (Wildman–Crippen LogP) is 1.87. The van der Waals surface area contributed by atoms with Gasteiger partial charge in [-0.3, -0.25) is 0 Å². The fraction of sp³-hybridized carbons (Fsp3) is 0.692. The molecule has 6 nitrogen and oxygen atoms in total. The van der Waals surface area contributed by atoms with Crippen molar-refractivity contribution in [1.29, 1.82) is 0 Å². The van der Waals surface area contributed by atoms with Crippen LogP contribution in [0.1, 0.15) is 45.1 Å². The van der Waals surface area contributed by atoms with Gasteiger partial charge in [0.15, 0.2) is 0 Å². The Hall–Kier alpha value is -1.40. The van der Waals surface area contributed by atoms with Gasteiger partial charge in [0.25, 0.3) is 0 Å². The zero-order valence-corrected chi connectivity index (χ0v) is 11.8. The van der Waals surface area contributed by atoms with Crippen molar-refractivity contribution in [3.05, 3.63) is 11.9 Å². The predicted molar refractivity (Wildman–Crippen MR) is 76.0 cm³/mol. The third-order valence-electron chi connectivity index (χ3n) is 3.48. The molecule has 1 aliphatic rings. The van der Waals surface area contributed by atoms with Gasteiger partial charge in [0.2, 0.25) is 0 Å². The van der Waals surface area contributed by atoms with Gasteiger partial charge < -0.3 is 15.5 Å². The minimum absolute atomic E-state index is 0.223. The van der Waals surface area contributed by atoms with Crippen LogP contribution in [0.25, 0.3) is 0 Å². The normalized spacial score (nSPS) is 20.6. The first kappa shape index (κ1) is 14.0. The van der Waals surface area contributed by atoms with Crippen molar-refractivity contribution in [2.45, 2.75) is 51.7 Å². The summed E-state index contributed by atoms with van der Waals surface area (Å²) in [6.07, 6.45) is 4.00. The fourth-order valence-electron chi connectivity index (χ4n) is 2.48. The van der Waals surface area contributed by atoms with Crippen LogP contribution in [0.2, 0.25) is 0 Å². The highest BCUT2D eigenvalue weighted by molar-refractivity contribution is 5.58. The van der Waals surface area contributed by atoms with Gasteiger partial charge in [-0.1, -0.05) is 13.8 Å². The number of aromatic nitrogens is 2. The van der Waals surface area contributed by atoms with Crippen LogP contribution in [-0.4, -0.2) is 28.7 Å². The van der Waals surface area contributed by atoms with E-state index in [0.717, 1.165) is 30.8 Å². The lowest BCUT2D eigenvalue weighted by Crippen LogP contribution is -2.31. The first-order valence-corrected chi connectivity index (χ1v) is 6.83. The highest BCUT2D eigenvalue weighted by Gasteiger charge is 2.24. The molecule has 106 valence electrons. The summed E-state index contributed by atoms with van der Waals surface area (Å²) in [6, 6.07) is 0.223. The molecular weight excluding hydrogens is 242 g/mol. The number of nitrogen functional groups attached to an aromatic ring is 1. The number of nitrogens with zero attached hydrogens (tertiary/aromatic N) is 2. The second-order valence-corrected chi connectivity index (χ2v) is 5.27. The molecule has 2 heterocycles. The van der Waals surface area contributed by atoms with Crippen molar-refractivity contribution in [3.8, 4) is 0 Å². The largest absolute Gasteiger partial charge is 0.376 e. The Balaban J connectivity index is 2.18. The van der Waals surface area contributed by atoms with Gasteiger partial charge in [0, 0.05) is 12.2 Å². The number of rotatable bonds is 5. The standard InChI is InChI=1S/C13H23N5O/c1-8(2)11-12(15-7-16-13(11)18-14)17-9(3)10-5-4-6-19-10/h7-10H,4-6,14H2,1-3H3,(H2,15,16,17,18). The van der Waals surface area contributed by atoms with Crippen LogP contribution >= 0.6 is 0 Å². The molecular formula is C13H23N5O. The summed E-state index contributed by atoms with van der Waals surface area (Å²) >= 11 is 0. The molecule has 0 spiro atoms. The average molecular weight is 265 g/mol. The van der Waals surface area contributed by atoms with E-state index in [2.05, 4.69) is 41.5 Å². The summed E-state index contributed by atoms with van der Waals surface area (Å²) in [5, 5.41) is 3.44. The number of hydrazine groups is 1. The van der Waals surface area contributed by atoms with E-state index in [1.165, 1.54) is 6.33 Å². The fourth-order valence-corrected chi connectivity index (χ4v) is 2.48. The number of nitrogens with two attached hydrogens (primary N) is 1. The smallest absolute Gasteiger partial charge is 0.148 e. The third kappa shape index (κ3) is 3.13. The number of nitrogens with one attached hydrogen (secondary N) is 2. The van der Waals surface area contributed by atoms with Gasteiger partial charge in [-0.2, -0.15) is 0 Å². The number of ether oxygens (including phenoxy) is 1. The van der Waals surface area contributed by atoms with Crippen LogP contribution in [0.4, 0.5) is 11.6 Å². The lowest BCUT2D eigenvalue weighted by molar-refractivity contribution is 0.0995. The van der Waals surface area contributed by atoms with Crippen molar-refractivity contribution >= 4 is 11.6 Å². The first-order chi connectivity index (χ1) is 9.13. The van der Waals surface area contributed by atoms with Crippen LogP contribution in [0.3, 0.4) is 0 Å². The molecule has 1 aromatic rings. The summed E-state index contributed by atoms with van der Waals surface area (Å²) in [6.45, 7) is 7.17. The highest BCUT2D eigenvalue weighted by Crippen LogP contribution is 2.29. The molecule has 2 rings (SSSR count). The molecule has 1 fully saturated rings. The molecule has 1 aromatic heterocycles. The SMILES string of the molecule is CC(C)c1c(NN)ncnc1NC(C)C1CCCO1. The van der Waals surface area contributed by atoms with Crippen molar-refractivity contribution < 1.29 is 4.74 Å². The zero-order valence-electron chi connectivity index (χ0n) is 11.8. The van der Waals surface area contributed by atoms with E-state index in [1.807, 2.05) is 0 Å². The van der Waals surface area contributed by atoms with E-state index < -0.39 is 0 Å². The Bertz CT molecular complexity index is 417. The summed E-state index contributed by atoms with van der Waals surface area (Å²) in [4.78, 5) is 8.51. The zero-order chi connectivity index (χ0) is 13.8. The van der Waals surface area contributed by atoms with Crippen LogP contribution in [0.15, 0.2) is 6.33 Å². The van der Waals surface area contributed by atoms with E-state index in [9.17, 15) is 0 Å². The Kier molecular flexibility index (Phi) is 4.55. The van der Waals surface area contributed by atoms with E-state index in [1.54, 1.807) is 0 Å². The van der Waals surface area contributed by atoms with Gasteiger partial charge >= 0.3 is 0 Å². The van der Waals surface area contributed by atoms with Crippen LogP contribution < -0.4 is 16.6 Å². The molecule has 19 heavy (non-hydrogen) atoms. The quantitative estimate of drug-likeness (QED) is 0.556. The summed E-state index contributed by atoms with van der Waals surface area (Å²) < 4.78 is 5.70. The molecule has 0 bridgehead atoms. The molecule has 0 amide bonds. The minimum atomic E-state index is 0.223. The summed E-state index contributed by atoms with van der Waals surface area (Å²) in [5.74, 6) is 7.31. The summed E-state index contributed by atoms with van der Waals surface area (Å²) in [7, 11) is 0. The molecule has 1 aliphatic heterocycles. The Labute approximate surface area is 114 Å². The maximum atomic E-state index is 5.70. The van der Waals surface area contributed by atoms with Gasteiger partial charge in [0.1, 0.15) is 18.0 Å². The van der Waals surface area contributed by atoms with Gasteiger partial charge in [0.05, 0.1) is 12.1 Å². The molecule has 2 unspecified atom stereocenters. The average Bonchev–Trinajstić information content (AvgIpc) is 2.92. The van der Waals surface area contributed by atoms with Crippen molar-refractivity contribution in [2.24, 2.45) is 5.84 Å². The van der Waals surface area contributed by atoms with Gasteiger partial charge in [-0.15, -0.1) is 0 Å². The maximum Gasteiger partial charge on any atom is 0.148 e. The van der Waals surface area contributed by atoms with Crippen LogP contribution in [-0.2, 0) is 4.74 Å². The van der Waals surface area contributed by atoms with Crippen LogP contribution in [0.5, 0.6) is 0 Å². The first-order valence-electron chi connectivity index (χ1n) is 6.83. The van der Waals surface area contributed by atoms with Gasteiger partial charge in [-0.05, 0) is 25.7 Å². The van der Waals surface area contributed by atoms with Crippen molar-refractivity contribution in [2.75, 3.05) is 17.3 Å². The Morgan fingerprint density at radius 3 is 2.63 bits per heavy atom. The van der Waals surface area contributed by atoms with Crippen molar-refractivity contribution in [1.82, 2.24) is 9.97 Å². The number of hydrogen-bond acceptors (Lipinski definition) is 6. The van der Waals surface area contributed by atoms with E-state index in [0.29, 0.717) is 5.82 Å². The molecule has 0 saturated carbocycles. The van der Waals surface area contributed by atoms with E-state index in [-0.39, 0.29) is 18.1 Å². The van der Waals surface area contributed by atoms with Crippen LogP contribution in [0, 0.1) is 0 Å². The lowest BCUT2D eigenvalue weighted by Gasteiger charge is -2.23. The highest BCUT2D eigenvalue weighted by atomic mass is 16.5. The number of hydrogen-bond donors (Lipinski definition) is 3. The molecule has 2 atom stereocenters. The topological polar surface area (TPSA) is 85.1 Å². The van der Waals surface area contributed by atoms with E-state index in [4.69, 9.17) is 10.6 Å². The molecule has 0 aliphatic carbocycles. The monoisotopic (exact) mass is 265 g/mol.